The lowest BCUT2D eigenvalue weighted by atomic mass is 9.89. The van der Waals surface area contributed by atoms with Crippen molar-refractivity contribution in [2.45, 2.75) is 13.8 Å². The SMILES string of the molecule is CC(C)CNC(=O)c1ccnc2c1C(=O)c1sc([N+](=O)[O-])cc1C2=O. The van der Waals surface area contributed by atoms with Crippen LogP contribution in [0.4, 0.5) is 5.00 Å². The fourth-order valence-electron chi connectivity index (χ4n) is 2.49. The first-order valence-corrected chi connectivity index (χ1v) is 8.27. The van der Waals surface area contributed by atoms with Gasteiger partial charge in [0, 0.05) is 18.8 Å². The van der Waals surface area contributed by atoms with Gasteiger partial charge in [0.15, 0.2) is 0 Å². The Morgan fingerprint density at radius 2 is 2.08 bits per heavy atom. The molecule has 1 amide bonds. The van der Waals surface area contributed by atoms with E-state index < -0.39 is 22.4 Å². The third kappa shape index (κ3) is 2.82. The third-order valence-corrected chi connectivity index (χ3v) is 4.74. The van der Waals surface area contributed by atoms with Gasteiger partial charge < -0.3 is 5.32 Å². The minimum Gasteiger partial charge on any atom is -0.352 e. The van der Waals surface area contributed by atoms with Crippen LogP contribution >= 0.6 is 11.3 Å². The van der Waals surface area contributed by atoms with Crippen LogP contribution in [0.3, 0.4) is 0 Å². The molecule has 1 aliphatic rings. The van der Waals surface area contributed by atoms with Gasteiger partial charge in [-0.15, -0.1) is 0 Å². The molecule has 0 atom stereocenters. The number of rotatable bonds is 4. The summed E-state index contributed by atoms with van der Waals surface area (Å²) in [5.74, 6) is -1.45. The van der Waals surface area contributed by atoms with Crippen LogP contribution in [0, 0.1) is 16.0 Å². The average molecular weight is 359 g/mol. The molecule has 0 saturated carbocycles. The van der Waals surface area contributed by atoms with Crippen molar-refractivity contribution in [2.75, 3.05) is 6.54 Å². The maximum absolute atomic E-state index is 12.8. The minimum absolute atomic E-state index is 0.0323. The monoisotopic (exact) mass is 359 g/mol. The van der Waals surface area contributed by atoms with Crippen molar-refractivity contribution in [3.8, 4) is 0 Å². The highest BCUT2D eigenvalue weighted by Gasteiger charge is 2.38. The van der Waals surface area contributed by atoms with Gasteiger partial charge in [-0.3, -0.25) is 29.5 Å². The zero-order chi connectivity index (χ0) is 18.3. The van der Waals surface area contributed by atoms with E-state index in [-0.39, 0.29) is 38.2 Å². The van der Waals surface area contributed by atoms with E-state index in [1.54, 1.807) is 0 Å². The number of hydrogen-bond acceptors (Lipinski definition) is 7. The largest absolute Gasteiger partial charge is 0.352 e. The molecule has 25 heavy (non-hydrogen) atoms. The highest BCUT2D eigenvalue weighted by Crippen LogP contribution is 2.37. The molecule has 8 nitrogen and oxygen atoms in total. The summed E-state index contributed by atoms with van der Waals surface area (Å²) >= 11 is 0.629. The zero-order valence-corrected chi connectivity index (χ0v) is 14.2. The van der Waals surface area contributed by atoms with Crippen molar-refractivity contribution in [2.24, 2.45) is 5.92 Å². The molecule has 3 rings (SSSR count). The summed E-state index contributed by atoms with van der Waals surface area (Å²) in [5.41, 5.74) is -0.243. The number of hydrogen-bond donors (Lipinski definition) is 1. The number of aromatic nitrogens is 1. The van der Waals surface area contributed by atoms with Crippen molar-refractivity contribution >= 4 is 33.8 Å². The van der Waals surface area contributed by atoms with Crippen LogP contribution in [0.15, 0.2) is 18.3 Å². The molecule has 2 aromatic rings. The summed E-state index contributed by atoms with van der Waals surface area (Å²) in [6.45, 7) is 4.26. The second-order valence-corrected chi connectivity index (χ2v) is 6.96. The van der Waals surface area contributed by atoms with Gasteiger partial charge in [-0.2, -0.15) is 0 Å². The molecule has 128 valence electrons. The van der Waals surface area contributed by atoms with Crippen molar-refractivity contribution in [1.29, 1.82) is 0 Å². The van der Waals surface area contributed by atoms with E-state index in [0.29, 0.717) is 17.9 Å². The average Bonchev–Trinajstić information content (AvgIpc) is 3.03. The lowest BCUT2D eigenvalue weighted by molar-refractivity contribution is -0.380. The van der Waals surface area contributed by atoms with Crippen molar-refractivity contribution in [3.05, 3.63) is 55.7 Å². The molecule has 0 aliphatic heterocycles. The number of carbonyl (C=O) groups excluding carboxylic acids is 3. The van der Waals surface area contributed by atoms with Crippen LogP contribution < -0.4 is 5.32 Å². The predicted octanol–water partition coefficient (Wildman–Crippen LogP) is 2.21. The van der Waals surface area contributed by atoms with Crippen LogP contribution in [0.5, 0.6) is 0 Å². The molecule has 0 unspecified atom stereocenters. The molecule has 1 N–H and O–H groups in total. The Labute approximate surface area is 146 Å². The lowest BCUT2D eigenvalue weighted by Crippen LogP contribution is -2.31. The van der Waals surface area contributed by atoms with E-state index in [0.717, 1.165) is 6.07 Å². The molecule has 0 saturated heterocycles. The number of thiophene rings is 1. The molecular formula is C16H13N3O5S. The topological polar surface area (TPSA) is 119 Å². The predicted molar refractivity (Wildman–Crippen MR) is 89.2 cm³/mol. The quantitative estimate of drug-likeness (QED) is 0.563. The number of carbonyl (C=O) groups is 3. The third-order valence-electron chi connectivity index (χ3n) is 3.66. The van der Waals surface area contributed by atoms with Gasteiger partial charge in [0.1, 0.15) is 5.69 Å². The van der Waals surface area contributed by atoms with Gasteiger partial charge in [-0.25, -0.2) is 0 Å². The number of fused-ring (bicyclic) bond motifs is 2. The number of nitro groups is 1. The van der Waals surface area contributed by atoms with Crippen LogP contribution in [0.2, 0.25) is 0 Å². The molecular weight excluding hydrogens is 346 g/mol. The Morgan fingerprint density at radius 3 is 2.72 bits per heavy atom. The summed E-state index contributed by atoms with van der Waals surface area (Å²) < 4.78 is 0. The Hall–Kier alpha value is -2.94. The normalized spacial score (nSPS) is 12.8. The molecule has 0 bridgehead atoms. The fraction of sp³-hybridized carbons (Fsp3) is 0.250. The van der Waals surface area contributed by atoms with Crippen molar-refractivity contribution in [1.82, 2.24) is 10.3 Å². The van der Waals surface area contributed by atoms with Gasteiger partial charge in [0.2, 0.25) is 11.6 Å². The van der Waals surface area contributed by atoms with Gasteiger partial charge in [-0.05, 0) is 12.0 Å². The Bertz CT molecular complexity index is 932. The van der Waals surface area contributed by atoms with Crippen LogP contribution in [-0.4, -0.2) is 33.9 Å². The first-order chi connectivity index (χ1) is 11.8. The zero-order valence-electron chi connectivity index (χ0n) is 13.4. The molecule has 1 aliphatic carbocycles. The summed E-state index contributed by atoms with van der Waals surface area (Å²) in [4.78, 5) is 51.9. The summed E-state index contributed by atoms with van der Waals surface area (Å²) in [7, 11) is 0. The molecule has 9 heteroatoms. The van der Waals surface area contributed by atoms with E-state index >= 15 is 0 Å². The van der Waals surface area contributed by atoms with Gasteiger partial charge in [0.25, 0.3) is 5.91 Å². The first-order valence-electron chi connectivity index (χ1n) is 7.46. The van der Waals surface area contributed by atoms with E-state index in [4.69, 9.17) is 0 Å². The maximum atomic E-state index is 12.8. The molecule has 2 heterocycles. The van der Waals surface area contributed by atoms with E-state index in [9.17, 15) is 24.5 Å². The summed E-state index contributed by atoms with van der Waals surface area (Å²) in [5, 5.41) is 13.3. The second kappa shape index (κ2) is 6.17. The summed E-state index contributed by atoms with van der Waals surface area (Å²) in [6, 6.07) is 2.45. The number of nitrogens with zero attached hydrogens (tertiary/aromatic N) is 2. The maximum Gasteiger partial charge on any atom is 0.325 e. The number of ketones is 2. The van der Waals surface area contributed by atoms with Crippen LogP contribution in [0.25, 0.3) is 0 Å². The van der Waals surface area contributed by atoms with Crippen LogP contribution in [0.1, 0.15) is 55.5 Å². The number of amides is 1. The first kappa shape index (κ1) is 16.9. The molecule has 0 radical (unpaired) electrons. The summed E-state index contributed by atoms with van der Waals surface area (Å²) in [6.07, 6.45) is 1.28. The minimum atomic E-state index is -0.655. The smallest absolute Gasteiger partial charge is 0.325 e. The fourth-order valence-corrected chi connectivity index (χ4v) is 3.41. The highest BCUT2D eigenvalue weighted by molar-refractivity contribution is 7.18. The Morgan fingerprint density at radius 1 is 1.36 bits per heavy atom. The van der Waals surface area contributed by atoms with Crippen molar-refractivity contribution in [3.63, 3.8) is 0 Å². The number of nitrogens with one attached hydrogen (secondary N) is 1. The van der Waals surface area contributed by atoms with Gasteiger partial charge in [-0.1, -0.05) is 25.2 Å². The van der Waals surface area contributed by atoms with Gasteiger partial charge >= 0.3 is 5.00 Å². The Balaban J connectivity index is 2.09. The lowest BCUT2D eigenvalue weighted by Gasteiger charge is -2.16. The highest BCUT2D eigenvalue weighted by atomic mass is 32.1. The second-order valence-electron chi connectivity index (χ2n) is 5.93. The van der Waals surface area contributed by atoms with E-state index in [1.165, 1.54) is 12.3 Å². The van der Waals surface area contributed by atoms with E-state index in [2.05, 4.69) is 10.3 Å². The molecule has 0 fully saturated rings. The molecule has 2 aromatic heterocycles. The Kier molecular flexibility index (Phi) is 4.17. The number of pyridine rings is 1. The van der Waals surface area contributed by atoms with Crippen molar-refractivity contribution < 1.29 is 19.3 Å². The standard InChI is InChI=1S/C16H13N3O5S/c1-7(2)6-18-16(22)8-3-4-17-12-11(8)14(21)15-9(13(12)20)5-10(25-15)19(23)24/h3-5,7H,6H2,1-2H3,(H,18,22). The molecule has 0 spiro atoms. The van der Waals surface area contributed by atoms with Crippen LogP contribution in [-0.2, 0) is 0 Å². The van der Waals surface area contributed by atoms with Gasteiger partial charge in [0.05, 0.1) is 26.5 Å². The molecule has 0 aromatic carbocycles. The van der Waals surface area contributed by atoms with E-state index in [1.807, 2.05) is 13.8 Å².